The van der Waals surface area contributed by atoms with Gasteiger partial charge in [0, 0.05) is 35.0 Å². The fourth-order valence-corrected chi connectivity index (χ4v) is 4.68. The third-order valence-corrected chi connectivity index (χ3v) is 6.80. The molecule has 2 heterocycles. The second-order valence-electron chi connectivity index (χ2n) is 7.49. The molecule has 120 valence electrons. The molecule has 0 radical (unpaired) electrons. The Labute approximate surface area is 144 Å². The maximum Gasteiger partial charge on any atom is 0.113 e. The summed E-state index contributed by atoms with van der Waals surface area (Å²) in [6, 6.07) is 8.75. The monoisotopic (exact) mass is 324 g/mol. The summed E-state index contributed by atoms with van der Waals surface area (Å²) in [5, 5.41) is 0. The highest BCUT2D eigenvalue weighted by molar-refractivity contribution is 7.81. The average Bonchev–Trinajstić information content (AvgIpc) is 2.67. The number of anilines is 1. The molecule has 2 unspecified atom stereocenters. The summed E-state index contributed by atoms with van der Waals surface area (Å²) >= 11 is 5.15. The van der Waals surface area contributed by atoms with E-state index in [2.05, 4.69) is 86.2 Å². The van der Waals surface area contributed by atoms with Gasteiger partial charge >= 0.3 is 0 Å². The molecule has 4 rings (SSSR count). The number of nitrogens with zero attached hydrogens (tertiary/aromatic N) is 2. The lowest BCUT2D eigenvalue weighted by Crippen LogP contribution is -2.59. The predicted molar refractivity (Wildman–Crippen MR) is 101 cm³/mol. The van der Waals surface area contributed by atoms with Crippen LogP contribution in [0.5, 0.6) is 0 Å². The number of likely N-dealkylation sites (N-methyl/N-ethyl adjacent to an activating group) is 1. The number of allylic oxidation sites excluding steroid dienone is 4. The lowest BCUT2D eigenvalue weighted by Gasteiger charge is -2.56. The minimum Gasteiger partial charge on any atom is -0.352 e. The quantitative estimate of drug-likeness (QED) is 0.692. The van der Waals surface area contributed by atoms with Crippen LogP contribution in [-0.2, 0) is 4.75 Å². The Morgan fingerprint density at radius 1 is 1.13 bits per heavy atom. The van der Waals surface area contributed by atoms with Crippen LogP contribution in [-0.4, -0.2) is 18.1 Å². The van der Waals surface area contributed by atoms with Gasteiger partial charge in [-0.15, -0.1) is 0 Å². The molecule has 2 nitrogen and oxygen atoms in total. The number of benzene rings is 1. The Kier molecular flexibility index (Phi) is 3.05. The number of para-hydroxylation sites is 1. The third kappa shape index (κ3) is 1.77. The van der Waals surface area contributed by atoms with Crippen molar-refractivity contribution in [1.82, 2.24) is 4.90 Å². The van der Waals surface area contributed by atoms with Gasteiger partial charge in [-0.3, -0.25) is 0 Å². The molecular weight excluding hydrogens is 300 g/mol. The van der Waals surface area contributed by atoms with E-state index in [0.717, 1.165) is 6.42 Å². The molecule has 2 atom stereocenters. The molecule has 0 amide bonds. The Morgan fingerprint density at radius 2 is 1.87 bits per heavy atom. The maximum atomic E-state index is 5.15. The SMILES string of the molecule is CN1C2=C(CC=CC=C2)N2c3ccccc3C(C)(S)C(C)(C)C12. The van der Waals surface area contributed by atoms with Gasteiger partial charge in [-0.1, -0.05) is 50.3 Å². The molecule has 2 aliphatic heterocycles. The lowest BCUT2D eigenvalue weighted by atomic mass is 9.68. The summed E-state index contributed by atoms with van der Waals surface area (Å²) in [7, 11) is 2.22. The van der Waals surface area contributed by atoms with Crippen LogP contribution in [0, 0.1) is 5.41 Å². The molecule has 0 fully saturated rings. The normalized spacial score (nSPS) is 30.9. The summed E-state index contributed by atoms with van der Waals surface area (Å²) < 4.78 is -0.191. The van der Waals surface area contributed by atoms with E-state index in [-0.39, 0.29) is 16.3 Å². The van der Waals surface area contributed by atoms with Crippen molar-refractivity contribution in [3.05, 3.63) is 65.5 Å². The highest BCUT2D eigenvalue weighted by atomic mass is 32.1. The molecule has 23 heavy (non-hydrogen) atoms. The van der Waals surface area contributed by atoms with Crippen molar-refractivity contribution in [1.29, 1.82) is 0 Å². The first-order chi connectivity index (χ1) is 10.9. The smallest absolute Gasteiger partial charge is 0.113 e. The van der Waals surface area contributed by atoms with Gasteiger partial charge in [-0.05, 0) is 24.6 Å². The molecule has 0 spiro atoms. The van der Waals surface area contributed by atoms with Gasteiger partial charge < -0.3 is 9.80 Å². The second-order valence-corrected chi connectivity index (χ2v) is 8.38. The van der Waals surface area contributed by atoms with Crippen LogP contribution in [0.3, 0.4) is 0 Å². The molecule has 0 aromatic heterocycles. The van der Waals surface area contributed by atoms with Crippen LogP contribution >= 0.6 is 12.6 Å². The molecule has 1 aliphatic carbocycles. The van der Waals surface area contributed by atoms with Crippen molar-refractivity contribution < 1.29 is 0 Å². The number of thiol groups is 1. The Hall–Kier alpha value is -1.61. The Balaban J connectivity index is 2.00. The van der Waals surface area contributed by atoms with E-state index in [4.69, 9.17) is 12.6 Å². The molecule has 1 aromatic rings. The van der Waals surface area contributed by atoms with Gasteiger partial charge in [0.1, 0.15) is 6.17 Å². The highest BCUT2D eigenvalue weighted by Gasteiger charge is 2.57. The first-order valence-corrected chi connectivity index (χ1v) is 8.72. The summed E-state index contributed by atoms with van der Waals surface area (Å²) in [5.41, 5.74) is 5.34. The lowest BCUT2D eigenvalue weighted by molar-refractivity contribution is 0.111. The van der Waals surface area contributed by atoms with Gasteiger partial charge in [0.05, 0.1) is 5.70 Å². The van der Waals surface area contributed by atoms with E-state index in [1.807, 2.05) is 0 Å². The molecule has 0 saturated heterocycles. The van der Waals surface area contributed by atoms with Crippen LogP contribution < -0.4 is 4.90 Å². The first-order valence-electron chi connectivity index (χ1n) is 8.27. The van der Waals surface area contributed by atoms with Crippen molar-refractivity contribution in [3.8, 4) is 0 Å². The van der Waals surface area contributed by atoms with Crippen molar-refractivity contribution in [3.63, 3.8) is 0 Å². The van der Waals surface area contributed by atoms with E-state index in [0.29, 0.717) is 0 Å². The molecular formula is C20H24N2S. The summed E-state index contributed by atoms with van der Waals surface area (Å²) in [4.78, 5) is 4.98. The number of rotatable bonds is 0. The minimum absolute atomic E-state index is 0.0109. The number of hydrogen-bond acceptors (Lipinski definition) is 3. The van der Waals surface area contributed by atoms with Gasteiger partial charge in [-0.25, -0.2) is 0 Å². The summed E-state index contributed by atoms with van der Waals surface area (Å²) in [6.07, 6.45) is 10.0. The van der Waals surface area contributed by atoms with Crippen molar-refractivity contribution in [2.45, 2.75) is 38.1 Å². The van der Waals surface area contributed by atoms with Crippen LogP contribution in [0.1, 0.15) is 32.8 Å². The first kappa shape index (κ1) is 14.9. The molecule has 0 N–H and O–H groups in total. The highest BCUT2D eigenvalue weighted by Crippen LogP contribution is 2.59. The predicted octanol–water partition coefficient (Wildman–Crippen LogP) is 4.68. The maximum absolute atomic E-state index is 5.15. The van der Waals surface area contributed by atoms with E-state index in [9.17, 15) is 0 Å². The summed E-state index contributed by atoms with van der Waals surface area (Å²) in [5.74, 6) is 0. The van der Waals surface area contributed by atoms with E-state index in [1.165, 1.54) is 22.6 Å². The third-order valence-electron chi connectivity index (χ3n) is 5.98. The minimum atomic E-state index is -0.191. The Bertz CT molecular complexity index is 755. The standard InChI is InChI=1S/C20H24N2S/c1-19(2)18-21(4)16-12-6-5-7-13-17(16)22(18)15-11-9-8-10-14(15)20(19,3)23/h5-12,18,23H,13H2,1-4H3. The van der Waals surface area contributed by atoms with Gasteiger partial charge in [-0.2, -0.15) is 12.6 Å². The van der Waals surface area contributed by atoms with Crippen LogP contribution in [0.2, 0.25) is 0 Å². The van der Waals surface area contributed by atoms with E-state index < -0.39 is 0 Å². The van der Waals surface area contributed by atoms with Crippen LogP contribution in [0.15, 0.2) is 60.0 Å². The average molecular weight is 324 g/mol. The number of hydrogen-bond donors (Lipinski definition) is 1. The number of fused-ring (bicyclic) bond motifs is 4. The summed E-state index contributed by atoms with van der Waals surface area (Å²) in [6.45, 7) is 6.95. The van der Waals surface area contributed by atoms with E-state index >= 15 is 0 Å². The van der Waals surface area contributed by atoms with Gasteiger partial charge in [0.2, 0.25) is 0 Å². The fourth-order valence-electron chi connectivity index (χ4n) is 4.38. The fraction of sp³-hybridized carbons (Fsp3) is 0.400. The molecule has 3 aliphatic rings. The van der Waals surface area contributed by atoms with Gasteiger partial charge in [0.25, 0.3) is 0 Å². The van der Waals surface area contributed by atoms with Crippen LogP contribution in [0.4, 0.5) is 5.69 Å². The van der Waals surface area contributed by atoms with E-state index in [1.54, 1.807) is 0 Å². The molecule has 0 saturated carbocycles. The zero-order chi connectivity index (χ0) is 16.4. The van der Waals surface area contributed by atoms with Crippen molar-refractivity contribution in [2.24, 2.45) is 5.41 Å². The second kappa shape index (κ2) is 4.70. The topological polar surface area (TPSA) is 6.48 Å². The molecule has 1 aromatic carbocycles. The zero-order valence-corrected chi connectivity index (χ0v) is 15.1. The van der Waals surface area contributed by atoms with Crippen molar-refractivity contribution >= 4 is 18.3 Å². The largest absolute Gasteiger partial charge is 0.352 e. The molecule has 0 bridgehead atoms. The van der Waals surface area contributed by atoms with Gasteiger partial charge in [0.15, 0.2) is 0 Å². The Morgan fingerprint density at radius 3 is 2.65 bits per heavy atom. The van der Waals surface area contributed by atoms with Crippen LogP contribution in [0.25, 0.3) is 0 Å². The molecule has 3 heteroatoms. The zero-order valence-electron chi connectivity index (χ0n) is 14.2. The van der Waals surface area contributed by atoms with Crippen molar-refractivity contribution in [2.75, 3.05) is 11.9 Å².